The van der Waals surface area contributed by atoms with Gasteiger partial charge in [0.2, 0.25) is 11.8 Å². The summed E-state index contributed by atoms with van der Waals surface area (Å²) < 4.78 is 0. The molecule has 1 saturated carbocycles. The summed E-state index contributed by atoms with van der Waals surface area (Å²) in [4.78, 5) is 23.4. The summed E-state index contributed by atoms with van der Waals surface area (Å²) in [6.45, 7) is 0.0281. The maximum atomic E-state index is 11.7. The molecular weight excluding hydrogens is 274 g/mol. The molecule has 106 valence electrons. The Labute approximate surface area is 122 Å². The largest absolute Gasteiger partial charge is 0.389 e. The zero-order valence-corrected chi connectivity index (χ0v) is 11.8. The monoisotopic (exact) mass is 291 g/mol. The van der Waals surface area contributed by atoms with E-state index in [1.54, 1.807) is 24.3 Å². The van der Waals surface area contributed by atoms with Crippen LogP contribution in [-0.2, 0) is 16.0 Å². The molecule has 2 amide bonds. The van der Waals surface area contributed by atoms with Gasteiger partial charge in [0.15, 0.2) is 0 Å². The number of amides is 2. The van der Waals surface area contributed by atoms with Crippen LogP contribution in [0.1, 0.15) is 24.0 Å². The molecule has 0 unspecified atom stereocenters. The van der Waals surface area contributed by atoms with Crippen LogP contribution >= 0.6 is 12.2 Å². The van der Waals surface area contributed by atoms with Gasteiger partial charge in [0.05, 0.1) is 13.0 Å². The zero-order valence-electron chi connectivity index (χ0n) is 11.0. The summed E-state index contributed by atoms with van der Waals surface area (Å²) in [5.74, 6) is -0.316. The van der Waals surface area contributed by atoms with Crippen LogP contribution in [0.25, 0.3) is 0 Å². The molecule has 0 saturated heterocycles. The molecule has 0 spiro atoms. The van der Waals surface area contributed by atoms with Crippen LogP contribution in [0.5, 0.6) is 0 Å². The second kappa shape index (κ2) is 6.47. The topological polar surface area (TPSA) is 84.2 Å². The van der Waals surface area contributed by atoms with Crippen LogP contribution < -0.4 is 16.4 Å². The van der Waals surface area contributed by atoms with Crippen molar-refractivity contribution in [3.8, 4) is 0 Å². The Morgan fingerprint density at radius 2 is 1.85 bits per heavy atom. The van der Waals surface area contributed by atoms with E-state index in [9.17, 15) is 9.59 Å². The van der Waals surface area contributed by atoms with Gasteiger partial charge in [-0.3, -0.25) is 9.59 Å². The van der Waals surface area contributed by atoms with Gasteiger partial charge < -0.3 is 16.4 Å². The fraction of sp³-hybridized carbons (Fsp3) is 0.357. The van der Waals surface area contributed by atoms with Crippen LogP contribution in [0.4, 0.5) is 0 Å². The third-order valence-electron chi connectivity index (χ3n) is 2.99. The van der Waals surface area contributed by atoms with E-state index < -0.39 is 0 Å². The lowest BCUT2D eigenvalue weighted by Crippen LogP contribution is -2.38. The molecule has 0 radical (unpaired) electrons. The van der Waals surface area contributed by atoms with Crippen molar-refractivity contribution < 1.29 is 9.59 Å². The number of thiocarbonyl (C=S) groups is 1. The fourth-order valence-electron chi connectivity index (χ4n) is 1.72. The molecule has 0 bridgehead atoms. The minimum Gasteiger partial charge on any atom is -0.389 e. The first-order valence-electron chi connectivity index (χ1n) is 6.49. The number of hydrogen-bond donors (Lipinski definition) is 3. The molecular formula is C14H17N3O2S. The van der Waals surface area contributed by atoms with Crippen molar-refractivity contribution in [2.45, 2.75) is 25.3 Å². The van der Waals surface area contributed by atoms with Gasteiger partial charge in [-0.2, -0.15) is 0 Å². The molecule has 6 heteroatoms. The highest BCUT2D eigenvalue weighted by atomic mass is 32.1. The highest BCUT2D eigenvalue weighted by molar-refractivity contribution is 7.80. The Morgan fingerprint density at radius 1 is 1.20 bits per heavy atom. The van der Waals surface area contributed by atoms with Crippen LogP contribution in [0, 0.1) is 0 Å². The molecule has 5 nitrogen and oxygen atoms in total. The van der Waals surface area contributed by atoms with Gasteiger partial charge in [-0.25, -0.2) is 0 Å². The summed E-state index contributed by atoms with van der Waals surface area (Å²) in [6, 6.07) is 7.48. The lowest BCUT2D eigenvalue weighted by atomic mass is 10.1. The summed E-state index contributed by atoms with van der Waals surface area (Å²) in [5, 5.41) is 5.41. The Bertz CT molecular complexity index is 524. The number of rotatable bonds is 6. The standard InChI is InChI=1S/C14H17N3O2S/c15-14(20)10-3-1-9(2-4-10)7-12(18)16-8-13(19)17-11-5-6-11/h1-4,11H,5-8H2,(H2,15,20)(H,16,18)(H,17,19). The second-order valence-corrected chi connectivity index (χ2v) is 5.30. The maximum Gasteiger partial charge on any atom is 0.239 e. The third-order valence-corrected chi connectivity index (χ3v) is 3.23. The number of benzene rings is 1. The molecule has 1 fully saturated rings. The van der Waals surface area contributed by atoms with Crippen molar-refractivity contribution >= 4 is 29.0 Å². The predicted molar refractivity (Wildman–Crippen MR) is 80.2 cm³/mol. The van der Waals surface area contributed by atoms with Gasteiger partial charge in [0, 0.05) is 11.6 Å². The van der Waals surface area contributed by atoms with E-state index in [2.05, 4.69) is 10.6 Å². The van der Waals surface area contributed by atoms with E-state index in [1.165, 1.54) is 0 Å². The van der Waals surface area contributed by atoms with E-state index in [-0.39, 0.29) is 24.8 Å². The molecule has 4 N–H and O–H groups in total. The van der Waals surface area contributed by atoms with Crippen LogP contribution in [0.3, 0.4) is 0 Å². The van der Waals surface area contributed by atoms with Crippen LogP contribution in [0.2, 0.25) is 0 Å². The summed E-state index contributed by atoms with van der Waals surface area (Å²) in [7, 11) is 0. The maximum absolute atomic E-state index is 11.7. The van der Waals surface area contributed by atoms with Crippen molar-refractivity contribution in [1.29, 1.82) is 0 Å². The minimum atomic E-state index is -0.181. The average Bonchev–Trinajstić information content (AvgIpc) is 3.21. The SMILES string of the molecule is NC(=S)c1ccc(CC(=O)NCC(=O)NC2CC2)cc1. The van der Waals surface area contributed by atoms with Crippen LogP contribution in [0.15, 0.2) is 24.3 Å². The van der Waals surface area contributed by atoms with Gasteiger partial charge in [-0.05, 0) is 18.4 Å². The van der Waals surface area contributed by atoms with Crippen LogP contribution in [-0.4, -0.2) is 29.4 Å². The Morgan fingerprint density at radius 3 is 2.40 bits per heavy atom. The molecule has 0 aliphatic heterocycles. The molecule has 2 rings (SSSR count). The molecule has 1 aliphatic rings. The number of hydrogen-bond acceptors (Lipinski definition) is 3. The first kappa shape index (κ1) is 14.5. The molecule has 1 aromatic carbocycles. The van der Waals surface area contributed by atoms with Gasteiger partial charge in [0.25, 0.3) is 0 Å². The smallest absolute Gasteiger partial charge is 0.239 e. The fourth-order valence-corrected chi connectivity index (χ4v) is 1.86. The summed E-state index contributed by atoms with van der Waals surface area (Å²) in [6.07, 6.45) is 2.30. The lowest BCUT2D eigenvalue weighted by molar-refractivity contribution is -0.125. The average molecular weight is 291 g/mol. The highest BCUT2D eigenvalue weighted by Crippen LogP contribution is 2.18. The van der Waals surface area contributed by atoms with E-state index in [1.807, 2.05) is 0 Å². The minimum absolute atomic E-state index is 0.0281. The first-order valence-corrected chi connectivity index (χ1v) is 6.90. The summed E-state index contributed by atoms with van der Waals surface area (Å²) in [5.41, 5.74) is 7.12. The molecule has 20 heavy (non-hydrogen) atoms. The lowest BCUT2D eigenvalue weighted by Gasteiger charge is -2.06. The summed E-state index contributed by atoms with van der Waals surface area (Å²) >= 11 is 4.86. The Hall–Kier alpha value is -1.95. The second-order valence-electron chi connectivity index (χ2n) is 4.86. The normalized spacial score (nSPS) is 13.6. The van der Waals surface area contributed by atoms with Crippen molar-refractivity contribution in [3.05, 3.63) is 35.4 Å². The quantitative estimate of drug-likeness (QED) is 0.656. The Kier molecular flexibility index (Phi) is 4.68. The number of nitrogens with one attached hydrogen (secondary N) is 2. The van der Waals surface area contributed by atoms with Gasteiger partial charge in [-0.15, -0.1) is 0 Å². The Balaban J connectivity index is 1.75. The predicted octanol–water partition coefficient (Wildman–Crippen LogP) is 0.258. The van der Waals surface area contributed by atoms with E-state index in [0.717, 1.165) is 24.0 Å². The van der Waals surface area contributed by atoms with E-state index in [0.29, 0.717) is 11.0 Å². The molecule has 1 aliphatic carbocycles. The van der Waals surface area contributed by atoms with Crippen molar-refractivity contribution in [3.63, 3.8) is 0 Å². The number of carbonyl (C=O) groups excluding carboxylic acids is 2. The zero-order chi connectivity index (χ0) is 14.5. The highest BCUT2D eigenvalue weighted by Gasteiger charge is 2.23. The molecule has 0 heterocycles. The van der Waals surface area contributed by atoms with E-state index in [4.69, 9.17) is 18.0 Å². The number of carbonyl (C=O) groups is 2. The third kappa shape index (κ3) is 4.62. The van der Waals surface area contributed by atoms with Crippen molar-refractivity contribution in [2.75, 3.05) is 6.54 Å². The van der Waals surface area contributed by atoms with Crippen molar-refractivity contribution in [2.24, 2.45) is 5.73 Å². The van der Waals surface area contributed by atoms with Gasteiger partial charge >= 0.3 is 0 Å². The van der Waals surface area contributed by atoms with Crippen molar-refractivity contribution in [1.82, 2.24) is 10.6 Å². The number of nitrogens with two attached hydrogens (primary N) is 1. The van der Waals surface area contributed by atoms with E-state index >= 15 is 0 Å². The van der Waals surface area contributed by atoms with Gasteiger partial charge in [-0.1, -0.05) is 36.5 Å². The molecule has 1 aromatic rings. The van der Waals surface area contributed by atoms with Gasteiger partial charge in [0.1, 0.15) is 4.99 Å². The molecule has 0 atom stereocenters. The molecule has 0 aromatic heterocycles. The first-order chi connectivity index (χ1) is 9.54.